The number of halogens is 1. The number of carbonyl (C=O) groups excluding carboxylic acids is 1. The quantitative estimate of drug-likeness (QED) is 0.648. The molecule has 1 aliphatic carbocycles. The molecular formula is C14H17FN2O. The van der Waals surface area contributed by atoms with Crippen LogP contribution in [-0.4, -0.2) is 12.1 Å². The summed E-state index contributed by atoms with van der Waals surface area (Å²) in [6.45, 7) is 0. The summed E-state index contributed by atoms with van der Waals surface area (Å²) >= 11 is 0. The van der Waals surface area contributed by atoms with Gasteiger partial charge in [-0.3, -0.25) is 4.79 Å². The van der Waals surface area contributed by atoms with Crippen LogP contribution in [0.5, 0.6) is 0 Å². The van der Waals surface area contributed by atoms with Gasteiger partial charge >= 0.3 is 0 Å². The third kappa shape index (κ3) is 3.65. The van der Waals surface area contributed by atoms with E-state index in [9.17, 15) is 9.18 Å². The largest absolute Gasteiger partial charge is 0.271 e. The molecule has 1 N–H and O–H groups in total. The van der Waals surface area contributed by atoms with Gasteiger partial charge in [-0.05, 0) is 37.0 Å². The number of amides is 1. The zero-order chi connectivity index (χ0) is 12.8. The normalized spacial score (nSPS) is 16.9. The molecule has 0 saturated heterocycles. The van der Waals surface area contributed by atoms with Crippen molar-refractivity contribution in [2.45, 2.75) is 32.1 Å². The van der Waals surface area contributed by atoms with Crippen LogP contribution in [0.2, 0.25) is 0 Å². The fraction of sp³-hybridized carbons (Fsp3) is 0.429. The second-order valence-electron chi connectivity index (χ2n) is 4.63. The minimum absolute atomic E-state index is 0.288. The minimum atomic E-state index is -0.418. The van der Waals surface area contributed by atoms with Gasteiger partial charge in [0.05, 0.1) is 0 Å². The molecule has 1 saturated carbocycles. The zero-order valence-electron chi connectivity index (χ0n) is 10.2. The molecule has 2 rings (SSSR count). The van der Waals surface area contributed by atoms with Crippen LogP contribution < -0.4 is 5.43 Å². The Morgan fingerprint density at radius 2 is 2.11 bits per heavy atom. The Morgan fingerprint density at radius 1 is 1.33 bits per heavy atom. The van der Waals surface area contributed by atoms with Crippen molar-refractivity contribution in [3.63, 3.8) is 0 Å². The number of hydrazone groups is 1. The average Bonchev–Trinajstić information content (AvgIpc) is 2.40. The van der Waals surface area contributed by atoms with Crippen LogP contribution >= 0.6 is 0 Å². The highest BCUT2D eigenvalue weighted by atomic mass is 19.1. The van der Waals surface area contributed by atoms with Gasteiger partial charge in [0.15, 0.2) is 0 Å². The molecule has 1 amide bonds. The Kier molecular flexibility index (Phi) is 4.45. The lowest BCUT2D eigenvalue weighted by atomic mass is 9.90. The van der Waals surface area contributed by atoms with Gasteiger partial charge in [0, 0.05) is 11.8 Å². The first-order chi connectivity index (χ1) is 8.75. The topological polar surface area (TPSA) is 41.5 Å². The van der Waals surface area contributed by atoms with E-state index in [0.717, 1.165) is 12.8 Å². The van der Waals surface area contributed by atoms with Crippen LogP contribution in [0.1, 0.15) is 42.5 Å². The van der Waals surface area contributed by atoms with E-state index in [4.69, 9.17) is 0 Å². The Morgan fingerprint density at radius 3 is 2.83 bits per heavy atom. The van der Waals surface area contributed by atoms with Crippen molar-refractivity contribution in [2.75, 3.05) is 0 Å². The molecule has 0 radical (unpaired) electrons. The minimum Gasteiger partial charge on any atom is -0.267 e. The third-order valence-corrected chi connectivity index (χ3v) is 3.19. The molecule has 1 aromatic carbocycles. The van der Waals surface area contributed by atoms with E-state index in [1.165, 1.54) is 37.5 Å². The van der Waals surface area contributed by atoms with E-state index in [-0.39, 0.29) is 11.5 Å². The molecule has 96 valence electrons. The second kappa shape index (κ2) is 6.28. The van der Waals surface area contributed by atoms with Gasteiger partial charge in [0.1, 0.15) is 5.82 Å². The van der Waals surface area contributed by atoms with Crippen LogP contribution in [0.15, 0.2) is 29.4 Å². The average molecular weight is 248 g/mol. The molecule has 0 unspecified atom stereocenters. The Labute approximate surface area is 106 Å². The summed E-state index contributed by atoms with van der Waals surface area (Å²) in [7, 11) is 0. The van der Waals surface area contributed by atoms with E-state index < -0.39 is 5.82 Å². The van der Waals surface area contributed by atoms with Crippen molar-refractivity contribution in [2.24, 2.45) is 11.0 Å². The summed E-state index contributed by atoms with van der Waals surface area (Å²) in [5.74, 6) is -0.327. The van der Waals surface area contributed by atoms with E-state index in [0.29, 0.717) is 5.92 Å². The number of benzene rings is 1. The Bertz CT molecular complexity index is 439. The van der Waals surface area contributed by atoms with Crippen molar-refractivity contribution >= 4 is 12.1 Å². The highest BCUT2D eigenvalue weighted by molar-refractivity contribution is 5.94. The summed E-state index contributed by atoms with van der Waals surface area (Å²) in [5, 5.41) is 3.95. The molecule has 1 aliphatic rings. The standard InChI is InChI=1S/C14H17FN2O/c15-13-8-4-7-12(9-13)14(18)17-16-10-11-5-2-1-3-6-11/h4,7-11H,1-3,5-6H2,(H,17,18). The number of carbonyl (C=O) groups is 1. The van der Waals surface area contributed by atoms with Crippen molar-refractivity contribution in [3.8, 4) is 0 Å². The molecule has 4 heteroatoms. The lowest BCUT2D eigenvalue weighted by molar-refractivity contribution is 0.0954. The van der Waals surface area contributed by atoms with E-state index in [2.05, 4.69) is 10.5 Å². The third-order valence-electron chi connectivity index (χ3n) is 3.19. The van der Waals surface area contributed by atoms with Gasteiger partial charge < -0.3 is 0 Å². The number of nitrogens with zero attached hydrogens (tertiary/aromatic N) is 1. The molecule has 18 heavy (non-hydrogen) atoms. The number of hydrogen-bond donors (Lipinski definition) is 1. The predicted molar refractivity (Wildman–Crippen MR) is 68.9 cm³/mol. The second-order valence-corrected chi connectivity index (χ2v) is 4.63. The predicted octanol–water partition coefficient (Wildman–Crippen LogP) is 3.12. The number of rotatable bonds is 3. The van der Waals surface area contributed by atoms with Gasteiger partial charge in [0.25, 0.3) is 5.91 Å². The lowest BCUT2D eigenvalue weighted by Gasteiger charge is -2.16. The van der Waals surface area contributed by atoms with Crippen LogP contribution in [0.3, 0.4) is 0 Å². The first-order valence-electron chi connectivity index (χ1n) is 6.35. The summed E-state index contributed by atoms with van der Waals surface area (Å²) < 4.78 is 12.9. The number of nitrogens with one attached hydrogen (secondary N) is 1. The highest BCUT2D eigenvalue weighted by Gasteiger charge is 2.11. The molecular weight excluding hydrogens is 231 g/mol. The lowest BCUT2D eigenvalue weighted by Crippen LogP contribution is -2.19. The van der Waals surface area contributed by atoms with Crippen LogP contribution in [0.25, 0.3) is 0 Å². The van der Waals surface area contributed by atoms with Gasteiger partial charge in [-0.15, -0.1) is 0 Å². The molecule has 0 atom stereocenters. The molecule has 0 aromatic heterocycles. The molecule has 0 bridgehead atoms. The van der Waals surface area contributed by atoms with Crippen LogP contribution in [0.4, 0.5) is 4.39 Å². The van der Waals surface area contributed by atoms with Gasteiger partial charge in [0.2, 0.25) is 0 Å². The summed E-state index contributed by atoms with van der Waals surface area (Å²) in [4.78, 5) is 11.6. The van der Waals surface area contributed by atoms with Crippen molar-refractivity contribution in [1.29, 1.82) is 0 Å². The van der Waals surface area contributed by atoms with Crippen LogP contribution in [0, 0.1) is 11.7 Å². The van der Waals surface area contributed by atoms with E-state index in [1.807, 2.05) is 0 Å². The van der Waals surface area contributed by atoms with Crippen molar-refractivity contribution in [3.05, 3.63) is 35.6 Å². The van der Waals surface area contributed by atoms with Gasteiger partial charge in [-0.2, -0.15) is 5.10 Å². The molecule has 0 spiro atoms. The van der Waals surface area contributed by atoms with Crippen LogP contribution in [-0.2, 0) is 0 Å². The molecule has 0 heterocycles. The van der Waals surface area contributed by atoms with E-state index >= 15 is 0 Å². The summed E-state index contributed by atoms with van der Waals surface area (Å²) in [6.07, 6.45) is 7.83. The maximum atomic E-state index is 12.9. The smallest absolute Gasteiger partial charge is 0.267 e. The SMILES string of the molecule is O=C(NN=CC1CCCCC1)c1cccc(F)c1. The van der Waals surface area contributed by atoms with E-state index in [1.54, 1.807) is 12.3 Å². The molecule has 0 aliphatic heterocycles. The zero-order valence-corrected chi connectivity index (χ0v) is 10.2. The van der Waals surface area contributed by atoms with Crippen molar-refractivity contribution < 1.29 is 9.18 Å². The highest BCUT2D eigenvalue weighted by Crippen LogP contribution is 2.21. The van der Waals surface area contributed by atoms with Crippen molar-refractivity contribution in [1.82, 2.24) is 5.43 Å². The first kappa shape index (κ1) is 12.7. The molecule has 1 fully saturated rings. The summed E-state index contributed by atoms with van der Waals surface area (Å²) in [5.41, 5.74) is 2.73. The maximum Gasteiger partial charge on any atom is 0.271 e. The fourth-order valence-electron chi connectivity index (χ4n) is 2.18. The number of hydrogen-bond acceptors (Lipinski definition) is 2. The monoisotopic (exact) mass is 248 g/mol. The Balaban J connectivity index is 1.86. The molecule has 1 aromatic rings. The van der Waals surface area contributed by atoms with Gasteiger partial charge in [-0.1, -0.05) is 25.3 Å². The first-order valence-corrected chi connectivity index (χ1v) is 6.35. The fourth-order valence-corrected chi connectivity index (χ4v) is 2.18. The maximum absolute atomic E-state index is 12.9. The Hall–Kier alpha value is -1.71. The molecule has 3 nitrogen and oxygen atoms in total. The van der Waals surface area contributed by atoms with Gasteiger partial charge in [-0.25, -0.2) is 9.82 Å². The summed E-state index contributed by atoms with van der Waals surface area (Å²) in [6, 6.07) is 5.58.